The van der Waals surface area contributed by atoms with E-state index in [1.807, 2.05) is 43.3 Å². The molecule has 0 heterocycles. The maximum Gasteiger partial charge on any atom is 0.343 e. The number of carbonyl (C=O) groups excluding carboxylic acids is 1. The fraction of sp³-hybridized carbons (Fsp3) is 0.0370. The van der Waals surface area contributed by atoms with Crippen LogP contribution in [0.15, 0.2) is 91.0 Å². The average Bonchev–Trinajstić information content (AvgIpc) is 2.80. The van der Waals surface area contributed by atoms with Gasteiger partial charge in [-0.3, -0.25) is 0 Å². The van der Waals surface area contributed by atoms with Gasteiger partial charge in [-0.05, 0) is 65.6 Å². The summed E-state index contributed by atoms with van der Waals surface area (Å²) in [7, 11) is 0. The molecule has 31 heavy (non-hydrogen) atoms. The van der Waals surface area contributed by atoms with Crippen LogP contribution in [-0.4, -0.2) is 5.97 Å². The molecule has 0 atom stereocenters. The molecule has 0 amide bonds. The van der Waals surface area contributed by atoms with Crippen LogP contribution in [0, 0.1) is 24.1 Å². The minimum absolute atomic E-state index is 0.00250. The van der Waals surface area contributed by atoms with Gasteiger partial charge in [0.2, 0.25) is 0 Å². The number of rotatable bonds is 4. The van der Waals surface area contributed by atoms with E-state index in [-0.39, 0.29) is 5.56 Å². The third-order valence-corrected chi connectivity index (χ3v) is 4.99. The molecule has 0 spiro atoms. The van der Waals surface area contributed by atoms with Crippen molar-refractivity contribution in [2.75, 3.05) is 0 Å². The van der Waals surface area contributed by atoms with Crippen molar-refractivity contribution in [3.63, 3.8) is 0 Å². The first-order valence-electron chi connectivity index (χ1n) is 9.73. The van der Waals surface area contributed by atoms with Crippen molar-refractivity contribution in [2.45, 2.75) is 6.92 Å². The van der Waals surface area contributed by atoms with E-state index in [1.165, 1.54) is 17.7 Å². The first kappa shape index (κ1) is 20.1. The highest BCUT2D eigenvalue weighted by molar-refractivity contribution is 5.91. The van der Waals surface area contributed by atoms with Gasteiger partial charge in [0.25, 0.3) is 0 Å². The lowest BCUT2D eigenvalue weighted by molar-refractivity contribution is 0.0735. The molecule has 0 bridgehead atoms. The molecular formula is C27H18FNO2. The van der Waals surface area contributed by atoms with Crippen LogP contribution in [0.5, 0.6) is 5.75 Å². The second-order valence-electron chi connectivity index (χ2n) is 7.16. The zero-order chi connectivity index (χ0) is 21.8. The Morgan fingerprint density at radius 2 is 1.29 bits per heavy atom. The Morgan fingerprint density at radius 1 is 0.774 bits per heavy atom. The maximum absolute atomic E-state index is 13.8. The summed E-state index contributed by atoms with van der Waals surface area (Å²) in [6.07, 6.45) is 0. The summed E-state index contributed by atoms with van der Waals surface area (Å²) >= 11 is 0. The van der Waals surface area contributed by atoms with Crippen molar-refractivity contribution < 1.29 is 13.9 Å². The number of benzene rings is 4. The van der Waals surface area contributed by atoms with Gasteiger partial charge in [-0.2, -0.15) is 5.26 Å². The van der Waals surface area contributed by atoms with Gasteiger partial charge in [-0.1, -0.05) is 60.2 Å². The standard InChI is InChI=1S/C27H18FNO2/c1-18-2-4-19(5-3-18)20-6-8-22(9-7-20)27(30)31-25-14-12-21(13-15-25)23-10-11-24(17-29)26(28)16-23/h2-16H,1H3. The van der Waals surface area contributed by atoms with E-state index in [4.69, 9.17) is 10.00 Å². The second kappa shape index (κ2) is 8.64. The molecule has 4 heteroatoms. The van der Waals surface area contributed by atoms with Crippen LogP contribution in [0.1, 0.15) is 21.5 Å². The van der Waals surface area contributed by atoms with Crippen LogP contribution >= 0.6 is 0 Å². The zero-order valence-corrected chi connectivity index (χ0v) is 16.8. The fourth-order valence-corrected chi connectivity index (χ4v) is 3.21. The summed E-state index contributed by atoms with van der Waals surface area (Å²) in [6.45, 7) is 2.04. The Kier molecular flexibility index (Phi) is 5.59. The Labute approximate surface area is 180 Å². The summed E-state index contributed by atoms with van der Waals surface area (Å²) in [6, 6.07) is 28.5. The van der Waals surface area contributed by atoms with Crippen molar-refractivity contribution >= 4 is 5.97 Å². The van der Waals surface area contributed by atoms with Gasteiger partial charge in [0.15, 0.2) is 0 Å². The molecule has 0 unspecified atom stereocenters. The van der Waals surface area contributed by atoms with Gasteiger partial charge in [0.1, 0.15) is 17.6 Å². The third kappa shape index (κ3) is 4.52. The minimum Gasteiger partial charge on any atom is -0.423 e. The molecule has 0 radical (unpaired) electrons. The van der Waals surface area contributed by atoms with Gasteiger partial charge in [-0.25, -0.2) is 9.18 Å². The number of carbonyl (C=O) groups is 1. The Bertz CT molecular complexity index is 1270. The van der Waals surface area contributed by atoms with E-state index in [2.05, 4.69) is 0 Å². The number of aryl methyl sites for hydroxylation is 1. The highest BCUT2D eigenvalue weighted by atomic mass is 19.1. The topological polar surface area (TPSA) is 50.1 Å². The first-order valence-corrected chi connectivity index (χ1v) is 9.73. The largest absolute Gasteiger partial charge is 0.423 e. The SMILES string of the molecule is Cc1ccc(-c2ccc(C(=O)Oc3ccc(-c4ccc(C#N)c(F)c4)cc3)cc2)cc1. The lowest BCUT2D eigenvalue weighted by Gasteiger charge is -2.08. The summed E-state index contributed by atoms with van der Waals surface area (Å²) in [5.41, 5.74) is 5.15. The molecule has 0 aromatic heterocycles. The van der Waals surface area contributed by atoms with Crippen molar-refractivity contribution in [3.05, 3.63) is 114 Å². The van der Waals surface area contributed by atoms with E-state index < -0.39 is 11.8 Å². The molecule has 0 saturated carbocycles. The minimum atomic E-state index is -0.565. The predicted molar refractivity (Wildman–Crippen MR) is 118 cm³/mol. The van der Waals surface area contributed by atoms with Crippen LogP contribution in [0.25, 0.3) is 22.3 Å². The van der Waals surface area contributed by atoms with Crippen LogP contribution in [0.3, 0.4) is 0 Å². The monoisotopic (exact) mass is 407 g/mol. The molecule has 0 aliphatic carbocycles. The van der Waals surface area contributed by atoms with E-state index in [0.717, 1.165) is 16.7 Å². The van der Waals surface area contributed by atoms with Crippen molar-refractivity contribution in [1.82, 2.24) is 0 Å². The lowest BCUT2D eigenvalue weighted by Crippen LogP contribution is -2.08. The molecule has 3 nitrogen and oxygen atoms in total. The summed E-state index contributed by atoms with van der Waals surface area (Å²) in [5, 5.41) is 8.84. The highest BCUT2D eigenvalue weighted by Gasteiger charge is 2.10. The molecule has 0 aliphatic rings. The molecule has 0 fully saturated rings. The number of nitrogens with zero attached hydrogens (tertiary/aromatic N) is 1. The Hall–Kier alpha value is -4.23. The third-order valence-electron chi connectivity index (χ3n) is 4.99. The normalized spacial score (nSPS) is 10.4. The highest BCUT2D eigenvalue weighted by Crippen LogP contribution is 2.25. The van der Waals surface area contributed by atoms with Gasteiger partial charge < -0.3 is 4.74 Å². The average molecular weight is 407 g/mol. The Balaban J connectivity index is 1.45. The molecule has 0 N–H and O–H groups in total. The van der Waals surface area contributed by atoms with Gasteiger partial charge in [-0.15, -0.1) is 0 Å². The van der Waals surface area contributed by atoms with E-state index >= 15 is 0 Å². The fourth-order valence-electron chi connectivity index (χ4n) is 3.21. The number of hydrogen-bond acceptors (Lipinski definition) is 3. The van der Waals surface area contributed by atoms with Gasteiger partial charge in [0, 0.05) is 0 Å². The molecule has 4 rings (SSSR count). The lowest BCUT2D eigenvalue weighted by atomic mass is 10.0. The molecule has 4 aromatic carbocycles. The number of nitriles is 1. The molecular weight excluding hydrogens is 389 g/mol. The summed E-state index contributed by atoms with van der Waals surface area (Å²) in [5.74, 6) is -0.623. The van der Waals surface area contributed by atoms with Gasteiger partial charge >= 0.3 is 5.97 Å². The Morgan fingerprint density at radius 3 is 1.87 bits per heavy atom. The first-order chi connectivity index (χ1) is 15.0. The van der Waals surface area contributed by atoms with E-state index in [9.17, 15) is 9.18 Å². The van der Waals surface area contributed by atoms with Gasteiger partial charge in [0.05, 0.1) is 11.1 Å². The zero-order valence-electron chi connectivity index (χ0n) is 16.8. The van der Waals surface area contributed by atoms with Crippen LogP contribution < -0.4 is 4.74 Å². The number of ether oxygens (including phenoxy) is 1. The molecule has 0 saturated heterocycles. The van der Waals surface area contributed by atoms with Crippen molar-refractivity contribution in [3.8, 4) is 34.1 Å². The predicted octanol–water partition coefficient (Wildman–Crippen LogP) is 6.56. The van der Waals surface area contributed by atoms with Crippen LogP contribution in [0.2, 0.25) is 0 Å². The van der Waals surface area contributed by atoms with E-state index in [0.29, 0.717) is 16.9 Å². The van der Waals surface area contributed by atoms with Crippen LogP contribution in [-0.2, 0) is 0 Å². The second-order valence-corrected chi connectivity index (χ2v) is 7.16. The smallest absolute Gasteiger partial charge is 0.343 e. The molecule has 0 aliphatic heterocycles. The summed E-state index contributed by atoms with van der Waals surface area (Å²) in [4.78, 5) is 12.5. The summed E-state index contributed by atoms with van der Waals surface area (Å²) < 4.78 is 19.3. The van der Waals surface area contributed by atoms with Crippen molar-refractivity contribution in [1.29, 1.82) is 5.26 Å². The maximum atomic E-state index is 13.8. The number of esters is 1. The van der Waals surface area contributed by atoms with Crippen LogP contribution in [0.4, 0.5) is 4.39 Å². The number of halogens is 1. The molecule has 4 aromatic rings. The van der Waals surface area contributed by atoms with E-state index in [1.54, 1.807) is 48.5 Å². The molecule has 150 valence electrons. The quantitative estimate of drug-likeness (QED) is 0.284. The number of hydrogen-bond donors (Lipinski definition) is 0. The van der Waals surface area contributed by atoms with Crippen molar-refractivity contribution in [2.24, 2.45) is 0 Å².